The highest BCUT2D eigenvalue weighted by atomic mass is 16.5. The number of ether oxygens (including phenoxy) is 1. The zero-order chi connectivity index (χ0) is 31.5. The van der Waals surface area contributed by atoms with Crippen molar-refractivity contribution in [1.29, 1.82) is 0 Å². The molecular weight excluding hydrogens is 542 g/mol. The van der Waals surface area contributed by atoms with Gasteiger partial charge in [-0.05, 0) is 55.7 Å². The molecule has 1 aromatic carbocycles. The van der Waals surface area contributed by atoms with Gasteiger partial charge in [0.2, 0.25) is 5.91 Å². The van der Waals surface area contributed by atoms with E-state index in [0.717, 1.165) is 38.5 Å². The second kappa shape index (κ2) is 20.2. The van der Waals surface area contributed by atoms with Gasteiger partial charge in [0.1, 0.15) is 17.6 Å². The Hall–Kier alpha value is -3.69. The molecule has 3 atom stereocenters. The molecule has 10 heteroatoms. The van der Waals surface area contributed by atoms with Gasteiger partial charge in [-0.1, -0.05) is 57.9 Å². The van der Waals surface area contributed by atoms with Crippen LogP contribution in [0.2, 0.25) is 0 Å². The van der Waals surface area contributed by atoms with Crippen LogP contribution in [0.3, 0.4) is 0 Å². The van der Waals surface area contributed by atoms with E-state index >= 15 is 0 Å². The van der Waals surface area contributed by atoms with Crippen LogP contribution in [0.4, 0.5) is 0 Å². The first-order chi connectivity index (χ1) is 19.9. The normalized spacial score (nSPS) is 13.4. The lowest BCUT2D eigenvalue weighted by Gasteiger charge is -2.22. The lowest BCUT2D eigenvalue weighted by Crippen LogP contribution is -2.47. The lowest BCUT2D eigenvalue weighted by atomic mass is 9.87. The molecule has 0 bridgehead atoms. The minimum Gasteiger partial charge on any atom is -0.494 e. The summed E-state index contributed by atoms with van der Waals surface area (Å²) in [7, 11) is 0. The Kier molecular flexibility index (Phi) is 17.5. The summed E-state index contributed by atoms with van der Waals surface area (Å²) >= 11 is 0. The maximum Gasteiger partial charge on any atom is 0.326 e. The number of ketones is 1. The number of benzene rings is 1. The predicted molar refractivity (Wildman–Crippen MR) is 158 cm³/mol. The Morgan fingerprint density at radius 2 is 1.57 bits per heavy atom. The summed E-state index contributed by atoms with van der Waals surface area (Å²) in [5, 5.41) is 31.1. The summed E-state index contributed by atoms with van der Waals surface area (Å²) in [5.74, 6) is -6.55. The number of rotatable bonds is 23. The van der Waals surface area contributed by atoms with Crippen molar-refractivity contribution in [2.45, 2.75) is 97.4 Å². The van der Waals surface area contributed by atoms with E-state index in [9.17, 15) is 39.3 Å². The van der Waals surface area contributed by atoms with Crippen molar-refractivity contribution >= 4 is 29.6 Å². The van der Waals surface area contributed by atoms with Crippen molar-refractivity contribution < 1.29 is 44.0 Å². The van der Waals surface area contributed by atoms with Gasteiger partial charge in [0.25, 0.3) is 0 Å². The molecular formula is C32H47NO9. The molecule has 10 nitrogen and oxygen atoms in total. The van der Waals surface area contributed by atoms with E-state index in [2.05, 4.69) is 19.2 Å². The summed E-state index contributed by atoms with van der Waals surface area (Å²) in [5.41, 5.74) is 0.628. The Balaban J connectivity index is 2.86. The highest BCUT2D eigenvalue weighted by Crippen LogP contribution is 2.21. The Labute approximate surface area is 248 Å². The molecule has 1 aromatic rings. The Bertz CT molecular complexity index is 1030. The van der Waals surface area contributed by atoms with Crippen molar-refractivity contribution in [3.05, 3.63) is 42.0 Å². The third kappa shape index (κ3) is 15.3. The van der Waals surface area contributed by atoms with E-state index in [1.54, 1.807) is 30.3 Å². The van der Waals surface area contributed by atoms with Crippen LogP contribution in [0.5, 0.6) is 5.75 Å². The van der Waals surface area contributed by atoms with Crippen LogP contribution >= 0.6 is 0 Å². The van der Waals surface area contributed by atoms with Crippen LogP contribution in [0, 0.1) is 17.8 Å². The van der Waals surface area contributed by atoms with Crippen molar-refractivity contribution in [1.82, 2.24) is 5.32 Å². The zero-order valence-corrected chi connectivity index (χ0v) is 25.0. The van der Waals surface area contributed by atoms with Crippen LogP contribution < -0.4 is 10.1 Å². The Morgan fingerprint density at radius 1 is 0.905 bits per heavy atom. The van der Waals surface area contributed by atoms with Gasteiger partial charge < -0.3 is 25.4 Å². The van der Waals surface area contributed by atoms with Gasteiger partial charge in [-0.2, -0.15) is 0 Å². The van der Waals surface area contributed by atoms with Gasteiger partial charge in [-0.15, -0.1) is 0 Å². The number of carboxylic acids is 3. The number of Topliss-reactive ketones (excluding diaryl/α,β-unsaturated/α-hetero) is 1. The van der Waals surface area contributed by atoms with E-state index in [0.29, 0.717) is 43.1 Å². The fourth-order valence-corrected chi connectivity index (χ4v) is 4.38. The number of amides is 1. The molecule has 0 spiro atoms. The molecule has 0 saturated heterocycles. The summed E-state index contributed by atoms with van der Waals surface area (Å²) in [6, 6.07) is 5.50. The topological polar surface area (TPSA) is 167 Å². The predicted octanol–water partition coefficient (Wildman–Crippen LogP) is 5.28. The fourth-order valence-electron chi connectivity index (χ4n) is 4.38. The monoisotopic (exact) mass is 589 g/mol. The number of aliphatic carboxylic acids is 3. The van der Waals surface area contributed by atoms with Gasteiger partial charge in [0, 0.05) is 19.3 Å². The second-order valence-corrected chi connectivity index (χ2v) is 11.0. The number of hydrogen-bond donors (Lipinski definition) is 4. The molecule has 1 rings (SSSR count). The molecule has 0 aliphatic heterocycles. The van der Waals surface area contributed by atoms with Crippen molar-refractivity contribution in [2.75, 3.05) is 6.61 Å². The summed E-state index contributed by atoms with van der Waals surface area (Å²) in [6.07, 6.45) is 8.84. The summed E-state index contributed by atoms with van der Waals surface area (Å²) in [6.45, 7) is 6.71. The molecule has 0 aliphatic carbocycles. The minimum absolute atomic E-state index is 0.0544. The average Bonchev–Trinajstić information content (AvgIpc) is 2.91. The third-order valence-corrected chi connectivity index (χ3v) is 6.84. The molecule has 234 valence electrons. The quantitative estimate of drug-likeness (QED) is 0.0980. The van der Waals surface area contributed by atoms with Gasteiger partial charge in [-0.25, -0.2) is 4.79 Å². The standard InChI is InChI=1S/C32H47NO9/c1-4-11-24(34)12-9-7-5-6-8-10-13-26(27(31(38)39)21-29(35)36)30(37)33-28(32(40)41)20-23-14-16-25(17-15-23)42-19-18-22(2)3/h10,13-17,22,26-28H,4-9,11-12,18-21H2,1-3H3,(H,33,37)(H,35,36)(H,38,39)(H,40,41)/b13-10+/t26-,27+,28-/m0/s1. The minimum atomic E-state index is -1.57. The molecule has 4 N–H and O–H groups in total. The molecule has 0 aliphatic rings. The highest BCUT2D eigenvalue weighted by molar-refractivity contribution is 5.91. The summed E-state index contributed by atoms with van der Waals surface area (Å²) in [4.78, 5) is 60.1. The highest BCUT2D eigenvalue weighted by Gasteiger charge is 2.35. The smallest absolute Gasteiger partial charge is 0.326 e. The first kappa shape index (κ1) is 36.3. The van der Waals surface area contributed by atoms with Crippen molar-refractivity contribution in [3.8, 4) is 5.75 Å². The second-order valence-electron chi connectivity index (χ2n) is 11.0. The molecule has 0 unspecified atom stereocenters. The largest absolute Gasteiger partial charge is 0.494 e. The number of unbranched alkanes of at least 4 members (excludes halogenated alkanes) is 4. The van der Waals surface area contributed by atoms with Gasteiger partial charge in [-0.3, -0.25) is 19.2 Å². The SMILES string of the molecule is CCCC(=O)CCCCCC/C=C/[C@H](C(=O)N[C@@H](Cc1ccc(OCCC(C)C)cc1)C(=O)O)[C@@H](CC(=O)O)C(=O)O. The molecule has 0 saturated carbocycles. The molecule has 0 fully saturated rings. The van der Waals surface area contributed by atoms with Crippen LogP contribution in [0.25, 0.3) is 0 Å². The first-order valence-electron chi connectivity index (χ1n) is 14.8. The number of allylic oxidation sites excluding steroid dienone is 1. The lowest BCUT2D eigenvalue weighted by molar-refractivity contribution is -0.152. The van der Waals surface area contributed by atoms with E-state index in [-0.39, 0.29) is 12.2 Å². The molecule has 1 amide bonds. The zero-order valence-electron chi connectivity index (χ0n) is 25.0. The number of carbonyl (C=O) groups excluding carboxylic acids is 2. The third-order valence-electron chi connectivity index (χ3n) is 6.84. The van der Waals surface area contributed by atoms with E-state index in [4.69, 9.17) is 4.74 Å². The van der Waals surface area contributed by atoms with Gasteiger partial charge in [0.15, 0.2) is 0 Å². The maximum absolute atomic E-state index is 13.2. The molecule has 0 aromatic heterocycles. The number of carbonyl (C=O) groups is 5. The molecule has 0 radical (unpaired) electrons. The first-order valence-corrected chi connectivity index (χ1v) is 14.8. The average molecular weight is 590 g/mol. The molecule has 0 heterocycles. The van der Waals surface area contributed by atoms with Gasteiger partial charge >= 0.3 is 17.9 Å². The van der Waals surface area contributed by atoms with Gasteiger partial charge in [0.05, 0.1) is 24.9 Å². The number of hydrogen-bond acceptors (Lipinski definition) is 6. The van der Waals surface area contributed by atoms with E-state index in [1.807, 2.05) is 6.92 Å². The number of nitrogens with one attached hydrogen (secondary N) is 1. The van der Waals surface area contributed by atoms with Crippen molar-refractivity contribution in [3.63, 3.8) is 0 Å². The molecule has 42 heavy (non-hydrogen) atoms. The Morgan fingerprint density at radius 3 is 2.14 bits per heavy atom. The number of carboxylic acid groups (broad SMARTS) is 3. The van der Waals surface area contributed by atoms with Crippen LogP contribution in [-0.4, -0.2) is 57.6 Å². The van der Waals surface area contributed by atoms with Crippen LogP contribution in [0.15, 0.2) is 36.4 Å². The van der Waals surface area contributed by atoms with E-state index < -0.39 is 48.1 Å². The summed E-state index contributed by atoms with van der Waals surface area (Å²) < 4.78 is 5.68. The van der Waals surface area contributed by atoms with Crippen molar-refractivity contribution in [2.24, 2.45) is 17.8 Å². The van der Waals surface area contributed by atoms with Crippen LogP contribution in [0.1, 0.15) is 90.5 Å². The van der Waals surface area contributed by atoms with E-state index in [1.165, 1.54) is 6.08 Å². The maximum atomic E-state index is 13.2. The fraction of sp³-hybridized carbons (Fsp3) is 0.594. The van der Waals surface area contributed by atoms with Crippen LogP contribution in [-0.2, 0) is 30.4 Å².